The van der Waals surface area contributed by atoms with Crippen LogP contribution in [0.5, 0.6) is 0 Å². The second-order valence-electron chi connectivity index (χ2n) is 5.78. The maximum absolute atomic E-state index is 12.4. The molecular formula is C18H20ClNO4. The molecule has 0 unspecified atom stereocenters. The molecule has 2 amide bonds. The number of halogens is 1. The summed E-state index contributed by atoms with van der Waals surface area (Å²) in [7, 11) is 0. The third-order valence-corrected chi connectivity index (χ3v) is 4.26. The summed E-state index contributed by atoms with van der Waals surface area (Å²) in [5.41, 5.74) is 1.19. The molecule has 0 saturated carbocycles. The van der Waals surface area contributed by atoms with Crippen LogP contribution in [0.25, 0.3) is 6.08 Å². The molecule has 0 bridgehead atoms. The summed E-state index contributed by atoms with van der Waals surface area (Å²) in [6.07, 6.45) is 4.83. The van der Waals surface area contributed by atoms with Gasteiger partial charge in [0.2, 0.25) is 5.91 Å². The van der Waals surface area contributed by atoms with E-state index in [1.165, 1.54) is 4.90 Å². The van der Waals surface area contributed by atoms with Gasteiger partial charge in [-0.25, -0.2) is 0 Å². The van der Waals surface area contributed by atoms with Crippen molar-refractivity contribution in [3.05, 3.63) is 40.4 Å². The van der Waals surface area contributed by atoms with Crippen molar-refractivity contribution in [3.8, 4) is 0 Å². The third-order valence-electron chi connectivity index (χ3n) is 3.92. The average molecular weight is 350 g/mol. The number of carboxylic acid groups (broad SMARTS) is 1. The highest BCUT2D eigenvalue weighted by molar-refractivity contribution is 6.32. The van der Waals surface area contributed by atoms with Crippen molar-refractivity contribution in [2.24, 2.45) is 0 Å². The highest BCUT2D eigenvalue weighted by Crippen LogP contribution is 2.25. The zero-order valence-corrected chi connectivity index (χ0v) is 14.1. The molecule has 0 aliphatic carbocycles. The number of nitrogens with zero attached hydrogens (tertiary/aromatic N) is 1. The van der Waals surface area contributed by atoms with E-state index in [1.54, 1.807) is 18.2 Å². The van der Waals surface area contributed by atoms with Crippen LogP contribution in [0.1, 0.15) is 44.1 Å². The van der Waals surface area contributed by atoms with Crippen LogP contribution >= 0.6 is 11.6 Å². The van der Waals surface area contributed by atoms with Gasteiger partial charge in [-0.3, -0.25) is 19.3 Å². The van der Waals surface area contributed by atoms with Crippen LogP contribution in [0.2, 0.25) is 5.02 Å². The average Bonchev–Trinajstić information content (AvgIpc) is 2.79. The predicted octanol–water partition coefficient (Wildman–Crippen LogP) is 3.52. The van der Waals surface area contributed by atoms with Crippen LogP contribution in [-0.4, -0.2) is 34.3 Å². The van der Waals surface area contributed by atoms with Gasteiger partial charge >= 0.3 is 5.97 Å². The van der Waals surface area contributed by atoms with Crippen molar-refractivity contribution < 1.29 is 19.5 Å². The Morgan fingerprint density at radius 2 is 1.88 bits per heavy atom. The van der Waals surface area contributed by atoms with Crippen molar-refractivity contribution in [1.29, 1.82) is 0 Å². The number of carbonyl (C=O) groups is 3. The minimum atomic E-state index is -0.797. The molecule has 24 heavy (non-hydrogen) atoms. The molecule has 1 saturated heterocycles. The molecule has 128 valence electrons. The lowest BCUT2D eigenvalue weighted by atomic mass is 10.1. The Labute approximate surface area is 145 Å². The van der Waals surface area contributed by atoms with Crippen molar-refractivity contribution in [3.63, 3.8) is 0 Å². The molecule has 1 aliphatic heterocycles. The fourth-order valence-electron chi connectivity index (χ4n) is 2.64. The van der Waals surface area contributed by atoms with Crippen LogP contribution in [0.15, 0.2) is 29.8 Å². The lowest BCUT2D eigenvalue weighted by Crippen LogP contribution is -2.30. The van der Waals surface area contributed by atoms with Crippen molar-refractivity contribution in [1.82, 2.24) is 4.90 Å². The van der Waals surface area contributed by atoms with Crippen LogP contribution in [-0.2, 0) is 14.4 Å². The van der Waals surface area contributed by atoms with Gasteiger partial charge in [0.15, 0.2) is 0 Å². The van der Waals surface area contributed by atoms with Crippen molar-refractivity contribution in [2.75, 3.05) is 6.54 Å². The molecule has 0 aromatic heterocycles. The van der Waals surface area contributed by atoms with E-state index in [2.05, 4.69) is 0 Å². The molecule has 1 aromatic rings. The van der Waals surface area contributed by atoms with Crippen molar-refractivity contribution in [2.45, 2.75) is 38.5 Å². The first kappa shape index (κ1) is 18.2. The number of hydrogen-bond donors (Lipinski definition) is 1. The van der Waals surface area contributed by atoms with Gasteiger partial charge in [-0.1, -0.05) is 42.6 Å². The number of rotatable bonds is 8. The molecule has 0 radical (unpaired) electrons. The van der Waals surface area contributed by atoms with Gasteiger partial charge in [-0.2, -0.15) is 0 Å². The summed E-state index contributed by atoms with van der Waals surface area (Å²) in [4.78, 5) is 36.1. The SMILES string of the molecule is O=C(O)CCCCCCN1C(=O)C/C(=C\c2ccccc2Cl)C1=O. The van der Waals surface area contributed by atoms with E-state index >= 15 is 0 Å². The smallest absolute Gasteiger partial charge is 0.303 e. The number of hydrogen-bond acceptors (Lipinski definition) is 3. The Morgan fingerprint density at radius 1 is 1.17 bits per heavy atom. The molecule has 0 atom stereocenters. The Bertz CT molecular complexity index is 669. The van der Waals surface area contributed by atoms with Gasteiger partial charge in [0, 0.05) is 23.6 Å². The Kier molecular flexibility index (Phi) is 6.55. The normalized spacial score (nSPS) is 16.2. The summed E-state index contributed by atoms with van der Waals surface area (Å²) in [5.74, 6) is -1.25. The van der Waals surface area contributed by atoms with Gasteiger partial charge in [-0.05, 0) is 30.5 Å². The summed E-state index contributed by atoms with van der Waals surface area (Å²) < 4.78 is 0. The minimum absolute atomic E-state index is 0.100. The predicted molar refractivity (Wildman–Crippen MR) is 91.5 cm³/mol. The molecule has 1 N–H and O–H groups in total. The second kappa shape index (κ2) is 8.64. The maximum Gasteiger partial charge on any atom is 0.303 e. The summed E-state index contributed by atoms with van der Waals surface area (Å²) in [6, 6.07) is 7.18. The van der Waals surface area contributed by atoms with Crippen LogP contribution in [0, 0.1) is 0 Å². The first-order valence-corrected chi connectivity index (χ1v) is 8.38. The van der Waals surface area contributed by atoms with Crippen molar-refractivity contribution >= 4 is 35.5 Å². The fourth-order valence-corrected chi connectivity index (χ4v) is 2.83. The molecular weight excluding hydrogens is 330 g/mol. The molecule has 1 aromatic carbocycles. The van der Waals surface area contributed by atoms with Gasteiger partial charge < -0.3 is 5.11 Å². The highest BCUT2D eigenvalue weighted by atomic mass is 35.5. The summed E-state index contributed by atoms with van der Waals surface area (Å²) in [6.45, 7) is 0.380. The van der Waals surface area contributed by atoms with E-state index in [1.807, 2.05) is 12.1 Å². The quantitative estimate of drug-likeness (QED) is 0.442. The standard InChI is InChI=1S/C18H20ClNO4/c19-15-8-5-4-7-13(15)11-14-12-16(21)20(18(14)24)10-6-2-1-3-9-17(22)23/h4-5,7-8,11H,1-3,6,9-10,12H2,(H,22,23)/b14-11+. The third kappa shape index (κ3) is 4.93. The highest BCUT2D eigenvalue weighted by Gasteiger charge is 2.33. The maximum atomic E-state index is 12.4. The summed E-state index contributed by atoms with van der Waals surface area (Å²) in [5, 5.41) is 9.11. The van der Waals surface area contributed by atoms with E-state index in [0.29, 0.717) is 30.0 Å². The zero-order valence-electron chi connectivity index (χ0n) is 13.3. The molecule has 6 heteroatoms. The van der Waals surface area contributed by atoms with Gasteiger partial charge in [0.25, 0.3) is 5.91 Å². The molecule has 2 rings (SSSR count). The molecule has 0 spiro atoms. The number of amides is 2. The Morgan fingerprint density at radius 3 is 2.58 bits per heavy atom. The monoisotopic (exact) mass is 349 g/mol. The lowest BCUT2D eigenvalue weighted by molar-refractivity contribution is -0.138. The molecule has 1 fully saturated rings. The largest absolute Gasteiger partial charge is 0.481 e. The van der Waals surface area contributed by atoms with Gasteiger partial charge in [0.05, 0.1) is 6.42 Å². The Balaban J connectivity index is 1.87. The van der Waals surface area contributed by atoms with E-state index in [4.69, 9.17) is 16.7 Å². The Hall–Kier alpha value is -2.14. The number of imide groups is 1. The van der Waals surface area contributed by atoms with E-state index in [-0.39, 0.29) is 24.7 Å². The first-order valence-electron chi connectivity index (χ1n) is 8.00. The topological polar surface area (TPSA) is 74.7 Å². The summed E-state index contributed by atoms with van der Waals surface area (Å²) >= 11 is 6.08. The minimum Gasteiger partial charge on any atom is -0.481 e. The second-order valence-corrected chi connectivity index (χ2v) is 6.18. The fraction of sp³-hybridized carbons (Fsp3) is 0.389. The lowest BCUT2D eigenvalue weighted by Gasteiger charge is -2.12. The number of aliphatic carboxylic acids is 1. The van der Waals surface area contributed by atoms with Gasteiger partial charge in [0.1, 0.15) is 0 Å². The molecule has 1 aliphatic rings. The number of unbranched alkanes of at least 4 members (excludes halogenated alkanes) is 3. The first-order chi connectivity index (χ1) is 11.5. The van der Waals surface area contributed by atoms with E-state index in [9.17, 15) is 14.4 Å². The van der Waals surface area contributed by atoms with Gasteiger partial charge in [-0.15, -0.1) is 0 Å². The molecule has 5 nitrogen and oxygen atoms in total. The number of carbonyl (C=O) groups excluding carboxylic acids is 2. The van der Waals surface area contributed by atoms with E-state index < -0.39 is 5.97 Å². The van der Waals surface area contributed by atoms with Crippen LogP contribution in [0.3, 0.4) is 0 Å². The number of likely N-dealkylation sites (tertiary alicyclic amines) is 1. The number of benzene rings is 1. The zero-order chi connectivity index (χ0) is 17.5. The van der Waals surface area contributed by atoms with E-state index in [0.717, 1.165) is 18.4 Å². The van der Waals surface area contributed by atoms with Crippen LogP contribution < -0.4 is 0 Å². The number of carboxylic acids is 1. The molecule has 1 heterocycles. The van der Waals surface area contributed by atoms with Crippen LogP contribution in [0.4, 0.5) is 0 Å².